The quantitative estimate of drug-likeness (QED) is 0.684. The third-order valence-electron chi connectivity index (χ3n) is 4.95. The van der Waals surface area contributed by atoms with E-state index in [0.29, 0.717) is 6.54 Å². The molecule has 6 nitrogen and oxygen atoms in total. The SMILES string of the molecule is Cc1c(CN(C)[C@@H](C)Cc2cnccn2)c(=O)n(-c2ccccc2)n1C. The highest BCUT2D eigenvalue weighted by molar-refractivity contribution is 5.33. The largest absolute Gasteiger partial charge is 0.299 e. The first-order valence-corrected chi connectivity index (χ1v) is 8.77. The highest BCUT2D eigenvalue weighted by atomic mass is 16.1. The van der Waals surface area contributed by atoms with Gasteiger partial charge in [0, 0.05) is 50.3 Å². The van der Waals surface area contributed by atoms with Crippen molar-refractivity contribution >= 4 is 0 Å². The molecule has 3 aromatic rings. The lowest BCUT2D eigenvalue weighted by atomic mass is 10.1. The number of likely N-dealkylation sites (N-methyl/N-ethyl adjacent to an activating group) is 1. The Morgan fingerprint density at radius 1 is 1.19 bits per heavy atom. The summed E-state index contributed by atoms with van der Waals surface area (Å²) >= 11 is 0. The van der Waals surface area contributed by atoms with Crippen LogP contribution >= 0.6 is 0 Å². The molecule has 2 aromatic heterocycles. The lowest BCUT2D eigenvalue weighted by Crippen LogP contribution is -2.33. The molecule has 0 unspecified atom stereocenters. The van der Waals surface area contributed by atoms with Gasteiger partial charge in [0.05, 0.1) is 16.9 Å². The smallest absolute Gasteiger partial charge is 0.276 e. The second kappa shape index (κ2) is 7.66. The molecule has 0 aliphatic heterocycles. The molecule has 136 valence electrons. The topological polar surface area (TPSA) is 56.0 Å². The van der Waals surface area contributed by atoms with Crippen molar-refractivity contribution in [1.29, 1.82) is 0 Å². The first kappa shape index (κ1) is 18.1. The molecule has 6 heteroatoms. The summed E-state index contributed by atoms with van der Waals surface area (Å²) in [5.74, 6) is 0. The van der Waals surface area contributed by atoms with Crippen LogP contribution in [0.3, 0.4) is 0 Å². The van der Waals surface area contributed by atoms with Gasteiger partial charge in [-0.15, -0.1) is 0 Å². The number of para-hydroxylation sites is 1. The Morgan fingerprint density at radius 2 is 1.92 bits per heavy atom. The van der Waals surface area contributed by atoms with Gasteiger partial charge in [-0.05, 0) is 33.0 Å². The number of aromatic nitrogens is 4. The Morgan fingerprint density at radius 3 is 2.58 bits per heavy atom. The first-order valence-electron chi connectivity index (χ1n) is 8.77. The maximum Gasteiger partial charge on any atom is 0.276 e. The maximum atomic E-state index is 13.0. The molecule has 1 atom stereocenters. The molecular weight excluding hydrogens is 326 g/mol. The zero-order valence-corrected chi connectivity index (χ0v) is 15.8. The highest BCUT2D eigenvalue weighted by Crippen LogP contribution is 2.13. The molecular formula is C20H25N5O. The zero-order chi connectivity index (χ0) is 18.7. The molecule has 0 bridgehead atoms. The van der Waals surface area contributed by atoms with Crippen molar-refractivity contribution in [3.8, 4) is 5.69 Å². The average molecular weight is 351 g/mol. The van der Waals surface area contributed by atoms with Gasteiger partial charge in [-0.3, -0.25) is 24.3 Å². The summed E-state index contributed by atoms with van der Waals surface area (Å²) in [5.41, 5.74) is 3.68. The van der Waals surface area contributed by atoms with Crippen molar-refractivity contribution in [1.82, 2.24) is 24.2 Å². The van der Waals surface area contributed by atoms with Gasteiger partial charge >= 0.3 is 0 Å². The zero-order valence-electron chi connectivity index (χ0n) is 15.8. The van der Waals surface area contributed by atoms with E-state index in [9.17, 15) is 4.79 Å². The van der Waals surface area contributed by atoms with Crippen LogP contribution < -0.4 is 5.56 Å². The van der Waals surface area contributed by atoms with Crippen molar-refractivity contribution < 1.29 is 0 Å². The lowest BCUT2D eigenvalue weighted by Gasteiger charge is -2.23. The standard InChI is InChI=1S/C20H25N5O/c1-15(12-17-13-21-10-11-22-17)23(3)14-19-16(2)24(4)25(20(19)26)18-8-6-5-7-9-18/h5-11,13,15H,12,14H2,1-4H3/t15-/m0/s1. The van der Waals surface area contributed by atoms with E-state index in [1.54, 1.807) is 23.3 Å². The van der Waals surface area contributed by atoms with Crippen molar-refractivity contribution in [2.45, 2.75) is 32.9 Å². The monoisotopic (exact) mass is 351 g/mol. The number of benzene rings is 1. The Balaban J connectivity index is 1.83. The predicted octanol–water partition coefficient (Wildman–Crippen LogP) is 2.34. The van der Waals surface area contributed by atoms with Crippen molar-refractivity contribution in [2.75, 3.05) is 7.05 Å². The van der Waals surface area contributed by atoms with E-state index >= 15 is 0 Å². The fourth-order valence-corrected chi connectivity index (χ4v) is 3.10. The van der Waals surface area contributed by atoms with Gasteiger partial charge < -0.3 is 0 Å². The third kappa shape index (κ3) is 3.60. The van der Waals surface area contributed by atoms with Crippen molar-refractivity contribution in [3.05, 3.63) is 76.2 Å². The minimum Gasteiger partial charge on any atom is -0.299 e. The lowest BCUT2D eigenvalue weighted by molar-refractivity contribution is 0.245. The molecule has 0 amide bonds. The molecule has 2 heterocycles. The fraction of sp³-hybridized carbons (Fsp3) is 0.350. The Hall–Kier alpha value is -2.73. The molecule has 3 rings (SSSR count). The normalized spacial score (nSPS) is 12.5. The highest BCUT2D eigenvalue weighted by Gasteiger charge is 2.19. The van der Waals surface area contributed by atoms with E-state index in [0.717, 1.165) is 29.1 Å². The molecule has 0 spiro atoms. The van der Waals surface area contributed by atoms with Gasteiger partial charge in [0.25, 0.3) is 5.56 Å². The average Bonchev–Trinajstić information content (AvgIpc) is 2.86. The maximum absolute atomic E-state index is 13.0. The van der Waals surface area contributed by atoms with Crippen LogP contribution in [0.2, 0.25) is 0 Å². The van der Waals surface area contributed by atoms with Gasteiger partial charge in [-0.1, -0.05) is 18.2 Å². The van der Waals surface area contributed by atoms with E-state index in [1.807, 2.05) is 56.0 Å². The summed E-state index contributed by atoms with van der Waals surface area (Å²) in [6, 6.07) is 9.98. The summed E-state index contributed by atoms with van der Waals surface area (Å²) < 4.78 is 3.65. The van der Waals surface area contributed by atoms with Crippen molar-refractivity contribution in [3.63, 3.8) is 0 Å². The van der Waals surface area contributed by atoms with Gasteiger partial charge in [0.15, 0.2) is 0 Å². The third-order valence-corrected chi connectivity index (χ3v) is 4.95. The van der Waals surface area contributed by atoms with Crippen LogP contribution in [-0.2, 0) is 20.0 Å². The summed E-state index contributed by atoms with van der Waals surface area (Å²) in [6.45, 7) is 4.74. The number of rotatable bonds is 6. The molecule has 0 N–H and O–H groups in total. The second-order valence-electron chi connectivity index (χ2n) is 6.71. The summed E-state index contributed by atoms with van der Waals surface area (Å²) in [4.78, 5) is 23.7. The Kier molecular flexibility index (Phi) is 5.32. The second-order valence-corrected chi connectivity index (χ2v) is 6.71. The van der Waals surface area contributed by atoms with Gasteiger partial charge in [-0.25, -0.2) is 4.68 Å². The van der Waals surface area contributed by atoms with Gasteiger partial charge in [-0.2, -0.15) is 0 Å². The van der Waals surface area contributed by atoms with Crippen LogP contribution in [0.4, 0.5) is 0 Å². The Labute approximate surface area is 153 Å². The van der Waals surface area contributed by atoms with E-state index in [1.165, 1.54) is 0 Å². The van der Waals surface area contributed by atoms with Crippen LogP contribution in [0, 0.1) is 6.92 Å². The first-order chi connectivity index (χ1) is 12.5. The van der Waals surface area contributed by atoms with E-state index in [-0.39, 0.29) is 11.6 Å². The number of hydrogen-bond acceptors (Lipinski definition) is 4. The summed E-state index contributed by atoms with van der Waals surface area (Å²) in [6.07, 6.45) is 5.97. The Bertz CT molecular complexity index is 915. The molecule has 0 saturated carbocycles. The van der Waals surface area contributed by atoms with Crippen LogP contribution in [0.25, 0.3) is 5.69 Å². The van der Waals surface area contributed by atoms with Crippen LogP contribution in [-0.4, -0.2) is 37.3 Å². The molecule has 0 saturated heterocycles. The van der Waals surface area contributed by atoms with Crippen molar-refractivity contribution in [2.24, 2.45) is 7.05 Å². The van der Waals surface area contributed by atoms with Crippen LogP contribution in [0.1, 0.15) is 23.9 Å². The molecule has 0 aliphatic carbocycles. The minimum absolute atomic E-state index is 0.0368. The van der Waals surface area contributed by atoms with E-state index < -0.39 is 0 Å². The minimum atomic E-state index is 0.0368. The van der Waals surface area contributed by atoms with Gasteiger partial charge in [0.1, 0.15) is 0 Å². The van der Waals surface area contributed by atoms with E-state index in [4.69, 9.17) is 0 Å². The van der Waals surface area contributed by atoms with Gasteiger partial charge in [0.2, 0.25) is 0 Å². The molecule has 0 radical (unpaired) electrons. The fourth-order valence-electron chi connectivity index (χ4n) is 3.10. The predicted molar refractivity (Wildman–Crippen MR) is 102 cm³/mol. The molecule has 0 aliphatic rings. The number of hydrogen-bond donors (Lipinski definition) is 0. The van der Waals surface area contributed by atoms with E-state index in [2.05, 4.69) is 21.8 Å². The molecule has 26 heavy (non-hydrogen) atoms. The molecule has 1 aromatic carbocycles. The summed E-state index contributed by atoms with van der Waals surface area (Å²) in [5, 5.41) is 0. The van der Waals surface area contributed by atoms with Crippen LogP contribution in [0.5, 0.6) is 0 Å². The molecule has 0 fully saturated rings. The van der Waals surface area contributed by atoms with Crippen LogP contribution in [0.15, 0.2) is 53.7 Å². The number of nitrogens with zero attached hydrogens (tertiary/aromatic N) is 5. The summed E-state index contributed by atoms with van der Waals surface area (Å²) in [7, 11) is 3.97.